The van der Waals surface area contributed by atoms with E-state index >= 15 is 0 Å². The molecule has 0 amide bonds. The summed E-state index contributed by atoms with van der Waals surface area (Å²) in [6.07, 6.45) is 3.03. The summed E-state index contributed by atoms with van der Waals surface area (Å²) in [6, 6.07) is 3.37. The van der Waals surface area contributed by atoms with Gasteiger partial charge in [0.2, 0.25) is 6.10 Å². The Labute approximate surface area is 119 Å². The molecule has 1 unspecified atom stereocenters. The Morgan fingerprint density at radius 2 is 2.10 bits per heavy atom. The maximum Gasteiger partial charge on any atom is 0.352 e. The first kappa shape index (κ1) is 16.1. The standard InChI is InChI=1S/C15H21NO4/c1-4-8-19-15(18)14(12-6-5-7-16-10-12)20-13(17)9-11(2)3/h5-7,10-11,14H,4,8-9H2,1-3H3. The maximum atomic E-state index is 12.0. The second-order valence-electron chi connectivity index (χ2n) is 4.92. The largest absolute Gasteiger partial charge is 0.463 e. The fraction of sp³-hybridized carbons (Fsp3) is 0.533. The Kier molecular flexibility index (Phi) is 6.70. The smallest absolute Gasteiger partial charge is 0.352 e. The lowest BCUT2D eigenvalue weighted by Crippen LogP contribution is -2.23. The summed E-state index contributed by atoms with van der Waals surface area (Å²) in [5.74, 6) is -0.803. The highest BCUT2D eigenvalue weighted by Crippen LogP contribution is 2.20. The van der Waals surface area contributed by atoms with Gasteiger partial charge in [-0.05, 0) is 18.4 Å². The van der Waals surface area contributed by atoms with Crippen LogP contribution in [-0.2, 0) is 19.1 Å². The monoisotopic (exact) mass is 279 g/mol. The van der Waals surface area contributed by atoms with E-state index in [0.717, 1.165) is 0 Å². The molecular formula is C15H21NO4. The molecule has 1 rings (SSSR count). The van der Waals surface area contributed by atoms with E-state index < -0.39 is 18.0 Å². The van der Waals surface area contributed by atoms with Gasteiger partial charge in [0.05, 0.1) is 6.61 Å². The first-order valence-electron chi connectivity index (χ1n) is 6.80. The van der Waals surface area contributed by atoms with Crippen molar-refractivity contribution in [3.63, 3.8) is 0 Å². The van der Waals surface area contributed by atoms with Crippen LogP contribution in [0, 0.1) is 5.92 Å². The Bertz CT molecular complexity index is 431. The number of esters is 2. The van der Waals surface area contributed by atoms with Crippen LogP contribution < -0.4 is 0 Å². The highest BCUT2D eigenvalue weighted by Gasteiger charge is 2.26. The number of rotatable bonds is 7. The molecule has 1 aromatic rings. The molecule has 0 saturated carbocycles. The average molecular weight is 279 g/mol. The summed E-state index contributed by atoms with van der Waals surface area (Å²) in [6.45, 7) is 6.03. The molecule has 0 bridgehead atoms. The molecule has 0 aliphatic rings. The van der Waals surface area contributed by atoms with Gasteiger partial charge in [0.1, 0.15) is 0 Å². The number of hydrogen-bond acceptors (Lipinski definition) is 5. The Morgan fingerprint density at radius 3 is 2.65 bits per heavy atom. The lowest BCUT2D eigenvalue weighted by Gasteiger charge is -2.17. The molecule has 1 aromatic heterocycles. The van der Waals surface area contributed by atoms with Gasteiger partial charge in [-0.15, -0.1) is 0 Å². The predicted molar refractivity (Wildman–Crippen MR) is 73.8 cm³/mol. The van der Waals surface area contributed by atoms with Crippen LogP contribution in [0.4, 0.5) is 0 Å². The van der Waals surface area contributed by atoms with E-state index in [1.54, 1.807) is 18.3 Å². The fourth-order valence-corrected chi connectivity index (χ4v) is 1.57. The number of pyridine rings is 1. The van der Waals surface area contributed by atoms with Crippen LogP contribution in [0.15, 0.2) is 24.5 Å². The number of carbonyl (C=O) groups is 2. The molecular weight excluding hydrogens is 258 g/mol. The van der Waals surface area contributed by atoms with E-state index in [4.69, 9.17) is 9.47 Å². The summed E-state index contributed by atoms with van der Waals surface area (Å²) >= 11 is 0. The van der Waals surface area contributed by atoms with Gasteiger partial charge < -0.3 is 9.47 Å². The van der Waals surface area contributed by atoms with Crippen molar-refractivity contribution >= 4 is 11.9 Å². The number of nitrogens with zero attached hydrogens (tertiary/aromatic N) is 1. The van der Waals surface area contributed by atoms with Gasteiger partial charge in [0.25, 0.3) is 0 Å². The molecule has 5 heteroatoms. The van der Waals surface area contributed by atoms with Gasteiger partial charge in [-0.2, -0.15) is 0 Å². The maximum absolute atomic E-state index is 12.0. The summed E-state index contributed by atoms with van der Waals surface area (Å²) < 4.78 is 10.3. The molecule has 0 saturated heterocycles. The minimum absolute atomic E-state index is 0.170. The van der Waals surface area contributed by atoms with Crippen molar-refractivity contribution in [3.05, 3.63) is 30.1 Å². The summed E-state index contributed by atoms with van der Waals surface area (Å²) in [4.78, 5) is 27.7. The van der Waals surface area contributed by atoms with Gasteiger partial charge in [-0.1, -0.05) is 26.8 Å². The van der Waals surface area contributed by atoms with Crippen molar-refractivity contribution < 1.29 is 19.1 Å². The van der Waals surface area contributed by atoms with Crippen LogP contribution in [0.25, 0.3) is 0 Å². The molecule has 5 nitrogen and oxygen atoms in total. The van der Waals surface area contributed by atoms with Crippen molar-refractivity contribution in [1.29, 1.82) is 0 Å². The van der Waals surface area contributed by atoms with Gasteiger partial charge in [0.15, 0.2) is 0 Å². The number of aromatic nitrogens is 1. The van der Waals surface area contributed by atoms with Crippen molar-refractivity contribution in [2.24, 2.45) is 5.92 Å². The minimum Gasteiger partial charge on any atom is -0.463 e. The zero-order chi connectivity index (χ0) is 15.0. The summed E-state index contributed by atoms with van der Waals surface area (Å²) in [5.41, 5.74) is 0.519. The van der Waals surface area contributed by atoms with Crippen molar-refractivity contribution in [1.82, 2.24) is 4.98 Å². The van der Waals surface area contributed by atoms with E-state index in [1.807, 2.05) is 20.8 Å². The second kappa shape index (κ2) is 8.30. The summed E-state index contributed by atoms with van der Waals surface area (Å²) in [7, 11) is 0. The highest BCUT2D eigenvalue weighted by molar-refractivity contribution is 5.80. The molecule has 0 radical (unpaired) electrons. The van der Waals surface area contributed by atoms with Crippen molar-refractivity contribution in [3.8, 4) is 0 Å². The van der Waals surface area contributed by atoms with E-state index in [-0.39, 0.29) is 12.3 Å². The molecule has 0 fully saturated rings. The number of carbonyl (C=O) groups excluding carboxylic acids is 2. The SMILES string of the molecule is CCCOC(=O)C(OC(=O)CC(C)C)c1cccnc1. The molecule has 20 heavy (non-hydrogen) atoms. The van der Waals surface area contributed by atoms with Gasteiger partial charge in [-0.3, -0.25) is 9.78 Å². The van der Waals surface area contributed by atoms with E-state index in [2.05, 4.69) is 4.98 Å². The van der Waals surface area contributed by atoms with Crippen molar-refractivity contribution in [2.45, 2.75) is 39.7 Å². The first-order chi connectivity index (χ1) is 9.54. The fourth-order valence-electron chi connectivity index (χ4n) is 1.57. The Morgan fingerprint density at radius 1 is 1.35 bits per heavy atom. The molecule has 110 valence electrons. The molecule has 1 heterocycles. The normalized spacial score (nSPS) is 12.0. The average Bonchev–Trinajstić information content (AvgIpc) is 2.42. The quantitative estimate of drug-likeness (QED) is 0.718. The van der Waals surface area contributed by atoms with Gasteiger partial charge in [0, 0.05) is 24.4 Å². The molecule has 0 spiro atoms. The zero-order valence-electron chi connectivity index (χ0n) is 12.2. The van der Waals surface area contributed by atoms with Gasteiger partial charge in [-0.25, -0.2) is 4.79 Å². The highest BCUT2D eigenvalue weighted by atomic mass is 16.6. The van der Waals surface area contributed by atoms with E-state index in [0.29, 0.717) is 18.6 Å². The lowest BCUT2D eigenvalue weighted by molar-refractivity contribution is -0.169. The number of hydrogen-bond donors (Lipinski definition) is 0. The van der Waals surface area contributed by atoms with Crippen molar-refractivity contribution in [2.75, 3.05) is 6.61 Å². The third kappa shape index (κ3) is 5.38. The molecule has 0 aliphatic heterocycles. The molecule has 0 aliphatic carbocycles. The predicted octanol–water partition coefficient (Wildman–Crippen LogP) is 2.67. The van der Waals surface area contributed by atoms with E-state index in [1.165, 1.54) is 6.20 Å². The minimum atomic E-state index is -1.04. The van der Waals surface area contributed by atoms with Crippen LogP contribution in [0.2, 0.25) is 0 Å². The van der Waals surface area contributed by atoms with E-state index in [9.17, 15) is 9.59 Å². The second-order valence-corrected chi connectivity index (χ2v) is 4.92. The van der Waals surface area contributed by atoms with Gasteiger partial charge >= 0.3 is 11.9 Å². The zero-order valence-corrected chi connectivity index (χ0v) is 12.2. The number of ether oxygens (including phenoxy) is 2. The summed E-state index contributed by atoms with van der Waals surface area (Å²) in [5, 5.41) is 0. The topological polar surface area (TPSA) is 65.5 Å². The third-order valence-corrected chi connectivity index (χ3v) is 2.47. The molecule has 0 aromatic carbocycles. The molecule has 0 N–H and O–H groups in total. The van der Waals surface area contributed by atoms with Crippen LogP contribution in [0.3, 0.4) is 0 Å². The Balaban J connectivity index is 2.79. The van der Waals surface area contributed by atoms with Crippen LogP contribution >= 0.6 is 0 Å². The van der Waals surface area contributed by atoms with Crippen LogP contribution in [0.5, 0.6) is 0 Å². The van der Waals surface area contributed by atoms with Crippen LogP contribution in [0.1, 0.15) is 45.3 Å². The Hall–Kier alpha value is -1.91. The third-order valence-electron chi connectivity index (χ3n) is 2.47. The lowest BCUT2D eigenvalue weighted by atomic mass is 10.1. The first-order valence-corrected chi connectivity index (χ1v) is 6.80. The molecule has 1 atom stereocenters. The van der Waals surface area contributed by atoms with Crippen LogP contribution in [-0.4, -0.2) is 23.5 Å².